The second-order valence-electron chi connectivity index (χ2n) is 10.1. The molecule has 0 spiro atoms. The molecule has 4 heteroatoms. The fourth-order valence-electron chi connectivity index (χ4n) is 7.30. The van der Waals surface area contributed by atoms with Crippen molar-refractivity contribution in [1.82, 2.24) is 0 Å². The van der Waals surface area contributed by atoms with Crippen LogP contribution in [0.15, 0.2) is 48.5 Å². The number of carboxylic acid groups (broad SMARTS) is 1. The van der Waals surface area contributed by atoms with Crippen LogP contribution in [0.1, 0.15) is 54.4 Å². The SMILES string of the molecule is O=C(O)c1cccc2c(Cl)c(-c3ccc(O)c(C45CC6CC(CC(C6)C4)C5)c3)ccc12. The van der Waals surface area contributed by atoms with Crippen LogP contribution in [0.2, 0.25) is 5.02 Å². The molecule has 0 unspecified atom stereocenters. The van der Waals surface area contributed by atoms with E-state index < -0.39 is 5.97 Å². The van der Waals surface area contributed by atoms with E-state index in [1.807, 2.05) is 30.3 Å². The molecule has 0 heterocycles. The molecule has 4 bridgehead atoms. The van der Waals surface area contributed by atoms with Crippen molar-refractivity contribution in [1.29, 1.82) is 0 Å². The van der Waals surface area contributed by atoms with Crippen LogP contribution in [-0.4, -0.2) is 16.2 Å². The van der Waals surface area contributed by atoms with Crippen LogP contribution in [-0.2, 0) is 5.41 Å². The minimum absolute atomic E-state index is 0.0919. The smallest absolute Gasteiger partial charge is 0.336 e. The van der Waals surface area contributed by atoms with Crippen LogP contribution < -0.4 is 0 Å². The number of phenols is 1. The molecule has 4 saturated carbocycles. The zero-order chi connectivity index (χ0) is 21.3. The zero-order valence-corrected chi connectivity index (χ0v) is 18.0. The second kappa shape index (κ2) is 6.74. The summed E-state index contributed by atoms with van der Waals surface area (Å²) < 4.78 is 0. The molecule has 3 aromatic carbocycles. The predicted molar refractivity (Wildman–Crippen MR) is 123 cm³/mol. The van der Waals surface area contributed by atoms with E-state index in [0.29, 0.717) is 16.2 Å². The van der Waals surface area contributed by atoms with Gasteiger partial charge in [-0.2, -0.15) is 0 Å². The molecule has 0 amide bonds. The molecule has 0 radical (unpaired) electrons. The Kier molecular flexibility index (Phi) is 4.17. The van der Waals surface area contributed by atoms with Gasteiger partial charge >= 0.3 is 5.97 Å². The van der Waals surface area contributed by atoms with Crippen molar-refractivity contribution < 1.29 is 15.0 Å². The maximum Gasteiger partial charge on any atom is 0.336 e. The quantitative estimate of drug-likeness (QED) is 0.467. The van der Waals surface area contributed by atoms with Crippen molar-refractivity contribution in [2.24, 2.45) is 17.8 Å². The molecule has 4 fully saturated rings. The average Bonchev–Trinajstić information content (AvgIpc) is 2.73. The monoisotopic (exact) mass is 432 g/mol. The molecular formula is C27H25ClO3. The van der Waals surface area contributed by atoms with E-state index in [2.05, 4.69) is 6.07 Å². The first-order valence-corrected chi connectivity index (χ1v) is 11.6. The lowest BCUT2D eigenvalue weighted by Gasteiger charge is -2.57. The van der Waals surface area contributed by atoms with Gasteiger partial charge in [-0.05, 0) is 90.8 Å². The molecule has 2 N–H and O–H groups in total. The molecule has 0 aliphatic heterocycles. The lowest BCUT2D eigenvalue weighted by molar-refractivity contribution is -0.00611. The number of carbonyl (C=O) groups is 1. The second-order valence-corrected chi connectivity index (χ2v) is 10.4. The summed E-state index contributed by atoms with van der Waals surface area (Å²) in [4.78, 5) is 11.6. The topological polar surface area (TPSA) is 57.5 Å². The molecule has 3 nitrogen and oxygen atoms in total. The van der Waals surface area contributed by atoms with Gasteiger partial charge in [0.25, 0.3) is 0 Å². The standard InChI is InChI=1S/C27H25ClO3/c28-25-19(5-6-20-21(25)2-1-3-22(20)26(30)31)18-4-7-24(29)23(11-18)27-12-15-8-16(13-27)10-17(9-15)14-27/h1-7,11,15-17,29H,8-10,12-14H2,(H,30,31). The highest BCUT2D eigenvalue weighted by molar-refractivity contribution is 6.38. The maximum absolute atomic E-state index is 11.6. The average molecular weight is 433 g/mol. The first-order valence-electron chi connectivity index (χ1n) is 11.2. The van der Waals surface area contributed by atoms with Gasteiger partial charge in [0.05, 0.1) is 10.6 Å². The van der Waals surface area contributed by atoms with Gasteiger partial charge in [0.2, 0.25) is 0 Å². The minimum Gasteiger partial charge on any atom is -0.508 e. The number of fused-ring (bicyclic) bond motifs is 1. The van der Waals surface area contributed by atoms with Crippen molar-refractivity contribution in [3.63, 3.8) is 0 Å². The van der Waals surface area contributed by atoms with Gasteiger partial charge in [-0.15, -0.1) is 0 Å². The highest BCUT2D eigenvalue weighted by atomic mass is 35.5. The van der Waals surface area contributed by atoms with E-state index in [1.54, 1.807) is 12.1 Å². The van der Waals surface area contributed by atoms with Crippen molar-refractivity contribution >= 4 is 28.3 Å². The number of benzene rings is 3. The Hall–Kier alpha value is -2.52. The molecule has 0 aromatic heterocycles. The van der Waals surface area contributed by atoms with Gasteiger partial charge in [-0.25, -0.2) is 4.79 Å². The third-order valence-electron chi connectivity index (χ3n) is 8.14. The summed E-state index contributed by atoms with van der Waals surface area (Å²) in [6.45, 7) is 0. The number of phenolic OH excluding ortho intramolecular Hbond substituents is 1. The third kappa shape index (κ3) is 2.90. The first kappa shape index (κ1) is 19.2. The Bertz CT molecular complexity index is 1190. The normalized spacial score (nSPS) is 28.9. The van der Waals surface area contributed by atoms with Crippen LogP contribution in [0.5, 0.6) is 5.75 Å². The fraction of sp³-hybridized carbons (Fsp3) is 0.370. The number of aromatic carboxylic acids is 1. The first-order chi connectivity index (χ1) is 14.9. The molecule has 3 aromatic rings. The predicted octanol–water partition coefficient (Wildman–Crippen LogP) is 7.03. The molecule has 31 heavy (non-hydrogen) atoms. The molecule has 4 aliphatic carbocycles. The lowest BCUT2D eigenvalue weighted by Crippen LogP contribution is -2.48. The van der Waals surface area contributed by atoms with Crippen molar-refractivity contribution in [2.45, 2.75) is 43.9 Å². The molecule has 7 rings (SSSR count). The Morgan fingerprint density at radius 3 is 2.23 bits per heavy atom. The van der Waals surface area contributed by atoms with Crippen molar-refractivity contribution in [3.05, 3.63) is 64.7 Å². The summed E-state index contributed by atoms with van der Waals surface area (Å²) in [5.41, 5.74) is 3.29. The zero-order valence-electron chi connectivity index (χ0n) is 17.3. The van der Waals surface area contributed by atoms with Gasteiger partial charge < -0.3 is 10.2 Å². The largest absolute Gasteiger partial charge is 0.508 e. The fourth-order valence-corrected chi connectivity index (χ4v) is 7.64. The summed E-state index contributed by atoms with van der Waals surface area (Å²) in [6.07, 6.45) is 7.64. The summed E-state index contributed by atoms with van der Waals surface area (Å²) in [6, 6.07) is 14.9. The highest BCUT2D eigenvalue weighted by Crippen LogP contribution is 2.62. The maximum atomic E-state index is 11.6. The molecule has 0 atom stereocenters. The van der Waals surface area contributed by atoms with Crippen molar-refractivity contribution in [2.75, 3.05) is 0 Å². The van der Waals surface area contributed by atoms with Crippen LogP contribution >= 0.6 is 11.6 Å². The van der Waals surface area contributed by atoms with E-state index in [9.17, 15) is 15.0 Å². The van der Waals surface area contributed by atoms with Gasteiger partial charge in [0, 0.05) is 16.5 Å². The van der Waals surface area contributed by atoms with E-state index in [4.69, 9.17) is 11.6 Å². The molecular weight excluding hydrogens is 408 g/mol. The summed E-state index contributed by atoms with van der Waals surface area (Å²) >= 11 is 6.81. The van der Waals surface area contributed by atoms with E-state index >= 15 is 0 Å². The summed E-state index contributed by atoms with van der Waals surface area (Å²) in [5, 5.41) is 22.3. The third-order valence-corrected chi connectivity index (χ3v) is 8.55. The van der Waals surface area contributed by atoms with Gasteiger partial charge in [0.1, 0.15) is 5.75 Å². The molecule has 158 valence electrons. The van der Waals surface area contributed by atoms with Crippen LogP contribution in [0.3, 0.4) is 0 Å². The number of hydrogen-bond donors (Lipinski definition) is 2. The molecule has 4 aliphatic rings. The summed E-state index contributed by atoms with van der Waals surface area (Å²) in [5.74, 6) is 1.84. The van der Waals surface area contributed by atoms with Gasteiger partial charge in [0.15, 0.2) is 0 Å². The van der Waals surface area contributed by atoms with Crippen LogP contribution in [0.25, 0.3) is 21.9 Å². The van der Waals surface area contributed by atoms with Crippen LogP contribution in [0, 0.1) is 17.8 Å². The Labute approximate surface area is 186 Å². The number of aromatic hydroxyl groups is 1. The lowest BCUT2D eigenvalue weighted by atomic mass is 9.48. The Morgan fingerprint density at radius 2 is 1.58 bits per heavy atom. The Balaban J connectivity index is 1.48. The van der Waals surface area contributed by atoms with Crippen LogP contribution in [0.4, 0.5) is 0 Å². The minimum atomic E-state index is -0.955. The number of carboxylic acids is 1. The van der Waals surface area contributed by atoms with Gasteiger partial charge in [-0.1, -0.05) is 41.9 Å². The summed E-state index contributed by atoms with van der Waals surface area (Å²) in [7, 11) is 0. The van der Waals surface area contributed by atoms with Gasteiger partial charge in [-0.3, -0.25) is 0 Å². The van der Waals surface area contributed by atoms with Crippen molar-refractivity contribution in [3.8, 4) is 16.9 Å². The van der Waals surface area contributed by atoms with E-state index in [0.717, 1.165) is 39.8 Å². The highest BCUT2D eigenvalue weighted by Gasteiger charge is 2.52. The Morgan fingerprint density at radius 1 is 0.903 bits per heavy atom. The van der Waals surface area contributed by atoms with E-state index in [1.165, 1.54) is 38.5 Å². The number of hydrogen-bond acceptors (Lipinski definition) is 2. The van der Waals surface area contributed by atoms with E-state index in [-0.39, 0.29) is 11.0 Å². The number of halogens is 1. The molecule has 0 saturated heterocycles. The number of rotatable bonds is 3.